The minimum absolute atomic E-state index is 0.621. The Bertz CT molecular complexity index is 581. The third-order valence-electron chi connectivity index (χ3n) is 5.81. The molecule has 2 aliphatic heterocycles. The van der Waals surface area contributed by atoms with Crippen LogP contribution in [0.4, 0.5) is 0 Å². The number of piperidine rings is 1. The predicted octanol–water partition coefficient (Wildman–Crippen LogP) is 2.12. The van der Waals surface area contributed by atoms with Gasteiger partial charge in [0.15, 0.2) is 5.96 Å². The highest BCUT2D eigenvalue weighted by Crippen LogP contribution is 2.21. The van der Waals surface area contributed by atoms with E-state index in [-0.39, 0.29) is 0 Å². The molecule has 2 saturated heterocycles. The van der Waals surface area contributed by atoms with Gasteiger partial charge in [-0.15, -0.1) is 0 Å². The molecule has 0 aromatic carbocycles. The summed E-state index contributed by atoms with van der Waals surface area (Å²) in [6.45, 7) is 10.9. The van der Waals surface area contributed by atoms with Crippen molar-refractivity contribution in [2.75, 3.05) is 39.3 Å². The van der Waals surface area contributed by atoms with Crippen molar-refractivity contribution in [3.63, 3.8) is 0 Å². The Morgan fingerprint density at radius 3 is 2.88 bits per heavy atom. The first kappa shape index (κ1) is 19.2. The van der Waals surface area contributed by atoms with Crippen molar-refractivity contribution in [1.82, 2.24) is 24.9 Å². The summed E-state index contributed by atoms with van der Waals surface area (Å²) >= 11 is 0. The average Bonchev–Trinajstić information content (AvgIpc) is 3.28. The molecule has 0 radical (unpaired) electrons. The van der Waals surface area contributed by atoms with Crippen LogP contribution >= 0.6 is 0 Å². The van der Waals surface area contributed by atoms with Crippen molar-refractivity contribution in [3.05, 3.63) is 18.0 Å². The monoisotopic (exact) mass is 360 g/mol. The van der Waals surface area contributed by atoms with Crippen molar-refractivity contribution in [2.45, 2.75) is 52.0 Å². The number of nitrogens with one attached hydrogen (secondary N) is 1. The largest absolute Gasteiger partial charge is 0.357 e. The minimum Gasteiger partial charge on any atom is -0.357 e. The molecular weight excluding hydrogens is 324 g/mol. The molecule has 2 fully saturated rings. The lowest BCUT2D eigenvalue weighted by atomic mass is 10.0. The van der Waals surface area contributed by atoms with Gasteiger partial charge in [-0.1, -0.05) is 13.3 Å². The molecule has 0 amide bonds. The third-order valence-corrected chi connectivity index (χ3v) is 5.81. The second kappa shape index (κ2) is 9.40. The smallest absolute Gasteiger partial charge is 0.193 e. The summed E-state index contributed by atoms with van der Waals surface area (Å²) in [7, 11) is 1.99. The van der Waals surface area contributed by atoms with Crippen LogP contribution in [-0.2, 0) is 13.5 Å². The maximum Gasteiger partial charge on any atom is 0.193 e. The van der Waals surface area contributed by atoms with Crippen LogP contribution in [0.25, 0.3) is 0 Å². The molecule has 1 aromatic heterocycles. The van der Waals surface area contributed by atoms with E-state index in [1.165, 1.54) is 37.8 Å². The van der Waals surface area contributed by atoms with Crippen LogP contribution in [0, 0.1) is 5.92 Å². The van der Waals surface area contributed by atoms with Crippen molar-refractivity contribution in [2.24, 2.45) is 18.0 Å². The van der Waals surface area contributed by atoms with Crippen LogP contribution in [-0.4, -0.2) is 70.9 Å². The number of rotatable bonds is 6. The van der Waals surface area contributed by atoms with E-state index in [1.54, 1.807) is 0 Å². The van der Waals surface area contributed by atoms with Gasteiger partial charge in [-0.3, -0.25) is 14.6 Å². The van der Waals surface area contributed by atoms with Crippen molar-refractivity contribution >= 4 is 5.96 Å². The first-order valence-corrected chi connectivity index (χ1v) is 10.4. The Morgan fingerprint density at radius 1 is 1.27 bits per heavy atom. The molecule has 6 heteroatoms. The standard InChI is InChI=1S/C20H36N6/c1-4-21-20(22-14-19-8-6-7-10-25(19)5-2)26-11-9-17(16-26)12-18-13-23-24(3)15-18/h13,15,17,19H,4-12,14,16H2,1-3H3,(H,21,22). The number of likely N-dealkylation sites (N-methyl/N-ethyl adjacent to an activating group) is 1. The number of nitrogens with zero attached hydrogens (tertiary/aromatic N) is 5. The zero-order chi connectivity index (χ0) is 18.4. The lowest BCUT2D eigenvalue weighted by Gasteiger charge is -2.34. The van der Waals surface area contributed by atoms with Gasteiger partial charge in [0, 0.05) is 38.9 Å². The topological polar surface area (TPSA) is 48.7 Å². The van der Waals surface area contributed by atoms with Crippen LogP contribution in [0.5, 0.6) is 0 Å². The van der Waals surface area contributed by atoms with Gasteiger partial charge in [0.1, 0.15) is 0 Å². The number of likely N-dealkylation sites (tertiary alicyclic amines) is 2. The summed E-state index contributed by atoms with van der Waals surface area (Å²) in [5.74, 6) is 1.81. The van der Waals surface area contributed by atoms with Gasteiger partial charge >= 0.3 is 0 Å². The quantitative estimate of drug-likeness (QED) is 0.624. The third kappa shape index (κ3) is 5.00. The summed E-state index contributed by atoms with van der Waals surface area (Å²) in [5.41, 5.74) is 1.35. The molecule has 0 aliphatic carbocycles. The molecule has 1 N–H and O–H groups in total. The van der Waals surface area contributed by atoms with Gasteiger partial charge in [0.25, 0.3) is 0 Å². The summed E-state index contributed by atoms with van der Waals surface area (Å²) in [5, 5.41) is 7.83. The SMILES string of the molecule is CCNC(=NCC1CCCCN1CC)N1CCC(Cc2cnn(C)c2)C1. The molecule has 0 bridgehead atoms. The first-order chi connectivity index (χ1) is 12.7. The molecule has 146 valence electrons. The second-order valence-electron chi connectivity index (χ2n) is 7.80. The molecule has 2 aliphatic rings. The second-order valence-corrected chi connectivity index (χ2v) is 7.80. The van der Waals surface area contributed by atoms with E-state index in [0.717, 1.165) is 45.1 Å². The summed E-state index contributed by atoms with van der Waals surface area (Å²) in [6.07, 6.45) is 10.5. The number of hydrogen-bond acceptors (Lipinski definition) is 3. The normalized spacial score (nSPS) is 25.0. The average molecular weight is 361 g/mol. The van der Waals surface area contributed by atoms with Gasteiger partial charge in [-0.05, 0) is 57.2 Å². The molecule has 3 rings (SSSR count). The van der Waals surface area contributed by atoms with Crippen molar-refractivity contribution in [3.8, 4) is 0 Å². The highest BCUT2D eigenvalue weighted by Gasteiger charge is 2.26. The molecule has 1 aromatic rings. The summed E-state index contributed by atoms with van der Waals surface area (Å²) in [6, 6.07) is 0.621. The zero-order valence-corrected chi connectivity index (χ0v) is 16.8. The van der Waals surface area contributed by atoms with Crippen molar-refractivity contribution < 1.29 is 0 Å². The Kier molecular flexibility index (Phi) is 6.94. The summed E-state index contributed by atoms with van der Waals surface area (Å²) in [4.78, 5) is 10.1. The van der Waals surface area contributed by atoms with E-state index >= 15 is 0 Å². The Labute approximate surface area is 158 Å². The van der Waals surface area contributed by atoms with Gasteiger partial charge in [-0.25, -0.2) is 0 Å². The molecule has 3 heterocycles. The molecule has 26 heavy (non-hydrogen) atoms. The lowest BCUT2D eigenvalue weighted by Crippen LogP contribution is -2.44. The Balaban J connectivity index is 1.56. The minimum atomic E-state index is 0.621. The number of aromatic nitrogens is 2. The fourth-order valence-electron chi connectivity index (χ4n) is 4.40. The van der Waals surface area contributed by atoms with Crippen LogP contribution in [0.15, 0.2) is 17.4 Å². The van der Waals surface area contributed by atoms with E-state index < -0.39 is 0 Å². The van der Waals surface area contributed by atoms with E-state index in [0.29, 0.717) is 12.0 Å². The fraction of sp³-hybridized carbons (Fsp3) is 0.800. The van der Waals surface area contributed by atoms with Crippen LogP contribution in [0.1, 0.15) is 45.1 Å². The van der Waals surface area contributed by atoms with Gasteiger partial charge in [-0.2, -0.15) is 5.10 Å². The number of aryl methyl sites for hydroxylation is 1. The van der Waals surface area contributed by atoms with Crippen LogP contribution in [0.2, 0.25) is 0 Å². The number of aliphatic imine (C=N–C) groups is 1. The fourth-order valence-corrected chi connectivity index (χ4v) is 4.40. The van der Waals surface area contributed by atoms with E-state index in [2.05, 4.69) is 40.3 Å². The van der Waals surface area contributed by atoms with E-state index in [1.807, 2.05) is 17.9 Å². The maximum atomic E-state index is 5.04. The molecular formula is C20H36N6. The van der Waals surface area contributed by atoms with E-state index in [4.69, 9.17) is 4.99 Å². The van der Waals surface area contributed by atoms with Gasteiger partial charge in [0.2, 0.25) is 0 Å². The predicted molar refractivity (Wildman–Crippen MR) is 107 cm³/mol. The summed E-state index contributed by atoms with van der Waals surface area (Å²) < 4.78 is 1.90. The maximum absolute atomic E-state index is 5.04. The molecule has 0 saturated carbocycles. The van der Waals surface area contributed by atoms with Crippen molar-refractivity contribution in [1.29, 1.82) is 0 Å². The highest BCUT2D eigenvalue weighted by atomic mass is 15.3. The van der Waals surface area contributed by atoms with E-state index in [9.17, 15) is 0 Å². The number of guanidine groups is 1. The van der Waals surface area contributed by atoms with Crippen LogP contribution in [0.3, 0.4) is 0 Å². The van der Waals surface area contributed by atoms with Crippen LogP contribution < -0.4 is 5.32 Å². The number of hydrogen-bond donors (Lipinski definition) is 1. The molecule has 2 atom stereocenters. The highest BCUT2D eigenvalue weighted by molar-refractivity contribution is 5.80. The molecule has 0 spiro atoms. The molecule has 6 nitrogen and oxygen atoms in total. The van der Waals surface area contributed by atoms with Gasteiger partial charge in [0.05, 0.1) is 12.7 Å². The Hall–Kier alpha value is -1.56. The molecule has 2 unspecified atom stereocenters. The lowest BCUT2D eigenvalue weighted by molar-refractivity contribution is 0.161. The zero-order valence-electron chi connectivity index (χ0n) is 16.8. The first-order valence-electron chi connectivity index (χ1n) is 10.4. The van der Waals surface area contributed by atoms with Gasteiger partial charge < -0.3 is 10.2 Å². The Morgan fingerprint density at radius 2 is 2.15 bits per heavy atom.